The number of rotatable bonds is 7. The fraction of sp³-hybridized carbons (Fsp3) is 0.857. The molecule has 0 saturated carbocycles. The molecule has 0 spiro atoms. The molecule has 1 aliphatic rings. The van der Waals surface area contributed by atoms with Crippen LogP contribution in [0.25, 0.3) is 0 Å². The van der Waals surface area contributed by atoms with Gasteiger partial charge in [0.2, 0.25) is 6.29 Å². The smallest absolute Gasteiger partial charge is 0.305 e. The van der Waals surface area contributed by atoms with Crippen molar-refractivity contribution in [1.29, 1.82) is 0 Å². The second-order valence-electron chi connectivity index (χ2n) is 5.53. The molecule has 3 unspecified atom stereocenters. The van der Waals surface area contributed by atoms with Crippen LogP contribution in [0.1, 0.15) is 34.1 Å². The van der Waals surface area contributed by atoms with Gasteiger partial charge in [-0.1, -0.05) is 6.92 Å². The summed E-state index contributed by atoms with van der Waals surface area (Å²) in [4.78, 5) is 22.3. The standard InChI is InChI=1S/C14H25O7P/c1-6-18-22(5,17)8-7-12-9(2)13(19-10(3)15)14(21-12)20-11(4)16/h9,12-14H,6-8H2,1-5H3/t9-,12-,13?,14?,22?/m1/s1. The van der Waals surface area contributed by atoms with Gasteiger partial charge < -0.3 is 18.7 Å². The van der Waals surface area contributed by atoms with E-state index in [2.05, 4.69) is 0 Å². The molecule has 0 bridgehead atoms. The quantitative estimate of drug-likeness (QED) is 0.520. The van der Waals surface area contributed by atoms with Gasteiger partial charge in [-0.25, -0.2) is 0 Å². The third-order valence-electron chi connectivity index (χ3n) is 3.49. The number of hydrogen-bond donors (Lipinski definition) is 0. The molecule has 0 amide bonds. The highest BCUT2D eigenvalue weighted by Gasteiger charge is 2.46. The first-order valence-corrected chi connectivity index (χ1v) is 9.63. The van der Waals surface area contributed by atoms with Crippen LogP contribution < -0.4 is 0 Å². The Labute approximate surface area is 131 Å². The highest BCUT2D eigenvalue weighted by Crippen LogP contribution is 2.45. The second-order valence-corrected chi connectivity index (χ2v) is 8.26. The van der Waals surface area contributed by atoms with E-state index < -0.39 is 31.7 Å². The molecule has 0 aromatic rings. The van der Waals surface area contributed by atoms with Gasteiger partial charge in [0.25, 0.3) is 0 Å². The average Bonchev–Trinajstić information content (AvgIpc) is 2.64. The Morgan fingerprint density at radius 2 is 1.77 bits per heavy atom. The molecule has 0 aromatic heterocycles. The molecule has 1 saturated heterocycles. The van der Waals surface area contributed by atoms with Crippen LogP contribution in [-0.2, 0) is 32.9 Å². The maximum atomic E-state index is 12.1. The molecule has 128 valence electrons. The summed E-state index contributed by atoms with van der Waals surface area (Å²) < 4.78 is 33.3. The van der Waals surface area contributed by atoms with E-state index in [1.807, 2.05) is 6.92 Å². The van der Waals surface area contributed by atoms with Crippen molar-refractivity contribution in [3.63, 3.8) is 0 Å². The summed E-state index contributed by atoms with van der Waals surface area (Å²) >= 11 is 0. The van der Waals surface area contributed by atoms with Crippen LogP contribution >= 0.6 is 7.37 Å². The summed E-state index contributed by atoms with van der Waals surface area (Å²) in [6, 6.07) is 0. The first-order chi connectivity index (χ1) is 10.2. The van der Waals surface area contributed by atoms with Crippen LogP contribution in [0.4, 0.5) is 0 Å². The second kappa shape index (κ2) is 8.09. The van der Waals surface area contributed by atoms with Crippen LogP contribution in [0.2, 0.25) is 0 Å². The van der Waals surface area contributed by atoms with Crippen molar-refractivity contribution >= 4 is 19.3 Å². The van der Waals surface area contributed by atoms with Crippen LogP contribution in [0.15, 0.2) is 0 Å². The van der Waals surface area contributed by atoms with E-state index >= 15 is 0 Å². The van der Waals surface area contributed by atoms with Gasteiger partial charge in [-0.2, -0.15) is 0 Å². The molecule has 0 N–H and O–H groups in total. The third-order valence-corrected chi connectivity index (χ3v) is 5.36. The highest BCUT2D eigenvalue weighted by molar-refractivity contribution is 7.58. The monoisotopic (exact) mass is 336 g/mol. The van der Waals surface area contributed by atoms with Gasteiger partial charge in [0.15, 0.2) is 13.5 Å². The Kier molecular flexibility index (Phi) is 7.03. The average molecular weight is 336 g/mol. The van der Waals surface area contributed by atoms with Crippen molar-refractivity contribution in [3.8, 4) is 0 Å². The fourth-order valence-corrected chi connectivity index (χ4v) is 3.88. The Morgan fingerprint density at radius 3 is 2.27 bits per heavy atom. The Balaban J connectivity index is 2.70. The SMILES string of the molecule is CCOP(C)(=O)CC[C@H]1OC(OC(C)=O)C(OC(C)=O)[C@@H]1C. The van der Waals surface area contributed by atoms with Gasteiger partial charge in [0, 0.05) is 32.6 Å². The maximum absolute atomic E-state index is 12.1. The van der Waals surface area contributed by atoms with E-state index in [0.717, 1.165) is 0 Å². The summed E-state index contributed by atoms with van der Waals surface area (Å²) in [6.45, 7) is 8.17. The van der Waals surface area contributed by atoms with Gasteiger partial charge in [0.05, 0.1) is 12.7 Å². The Hall–Kier alpha value is -0.910. The number of ether oxygens (including phenoxy) is 3. The first-order valence-electron chi connectivity index (χ1n) is 7.37. The van der Waals surface area contributed by atoms with Gasteiger partial charge in [-0.15, -0.1) is 0 Å². The molecule has 0 aliphatic carbocycles. The molecule has 22 heavy (non-hydrogen) atoms. The summed E-state index contributed by atoms with van der Waals surface area (Å²) in [5.74, 6) is -1.14. The summed E-state index contributed by atoms with van der Waals surface area (Å²) in [5, 5.41) is 0. The molecule has 0 radical (unpaired) electrons. The van der Waals surface area contributed by atoms with E-state index in [9.17, 15) is 14.2 Å². The number of carbonyl (C=O) groups excluding carboxylic acids is 2. The van der Waals surface area contributed by atoms with Crippen molar-refractivity contribution in [1.82, 2.24) is 0 Å². The summed E-state index contributed by atoms with van der Waals surface area (Å²) in [6.07, 6.45) is -1.07. The molecular weight excluding hydrogens is 311 g/mol. The first kappa shape index (κ1) is 19.1. The van der Waals surface area contributed by atoms with Crippen molar-refractivity contribution in [2.75, 3.05) is 19.4 Å². The van der Waals surface area contributed by atoms with Crippen molar-refractivity contribution in [2.45, 2.75) is 52.6 Å². The van der Waals surface area contributed by atoms with E-state index in [4.69, 9.17) is 18.7 Å². The number of esters is 2. The fourth-order valence-electron chi connectivity index (χ4n) is 2.48. The van der Waals surface area contributed by atoms with Crippen LogP contribution in [0.3, 0.4) is 0 Å². The van der Waals surface area contributed by atoms with E-state index in [0.29, 0.717) is 19.2 Å². The molecule has 0 aromatic carbocycles. The molecule has 1 rings (SSSR count). The molecule has 1 heterocycles. The van der Waals surface area contributed by atoms with Gasteiger partial charge in [0.1, 0.15) is 0 Å². The lowest BCUT2D eigenvalue weighted by atomic mass is 9.99. The summed E-state index contributed by atoms with van der Waals surface area (Å²) in [5.41, 5.74) is 0. The van der Waals surface area contributed by atoms with E-state index in [1.54, 1.807) is 13.6 Å². The number of hydrogen-bond acceptors (Lipinski definition) is 7. The number of carbonyl (C=O) groups is 2. The third kappa shape index (κ3) is 5.71. The lowest BCUT2D eigenvalue weighted by Gasteiger charge is -2.20. The molecule has 8 heteroatoms. The lowest BCUT2D eigenvalue weighted by molar-refractivity contribution is -0.194. The van der Waals surface area contributed by atoms with Gasteiger partial charge in [-0.3, -0.25) is 14.2 Å². The van der Waals surface area contributed by atoms with Crippen LogP contribution in [-0.4, -0.2) is 49.9 Å². The highest BCUT2D eigenvalue weighted by atomic mass is 31.2. The molecular formula is C14H25O7P. The normalized spacial score (nSPS) is 30.6. The van der Waals surface area contributed by atoms with Crippen molar-refractivity contribution < 1.29 is 32.9 Å². The zero-order chi connectivity index (χ0) is 16.9. The zero-order valence-corrected chi connectivity index (χ0v) is 14.6. The summed E-state index contributed by atoms with van der Waals surface area (Å²) in [7, 11) is -2.66. The van der Waals surface area contributed by atoms with Gasteiger partial charge >= 0.3 is 11.9 Å². The minimum absolute atomic E-state index is 0.171. The predicted octanol–water partition coefficient (Wildman–Crippen LogP) is 2.18. The minimum atomic E-state index is -2.66. The molecule has 5 atom stereocenters. The van der Waals surface area contributed by atoms with Crippen LogP contribution in [0, 0.1) is 5.92 Å². The van der Waals surface area contributed by atoms with E-state index in [1.165, 1.54) is 13.8 Å². The largest absolute Gasteiger partial charge is 0.455 e. The van der Waals surface area contributed by atoms with Crippen molar-refractivity contribution in [2.24, 2.45) is 5.92 Å². The molecule has 1 aliphatic heterocycles. The topological polar surface area (TPSA) is 88.1 Å². The van der Waals surface area contributed by atoms with Crippen LogP contribution in [0.5, 0.6) is 0 Å². The van der Waals surface area contributed by atoms with Gasteiger partial charge in [-0.05, 0) is 13.3 Å². The van der Waals surface area contributed by atoms with Crippen molar-refractivity contribution in [3.05, 3.63) is 0 Å². The maximum Gasteiger partial charge on any atom is 0.305 e. The zero-order valence-electron chi connectivity index (χ0n) is 13.7. The van der Waals surface area contributed by atoms with E-state index in [-0.39, 0.29) is 12.0 Å². The Bertz CT molecular complexity index is 450. The Morgan fingerprint density at radius 1 is 1.18 bits per heavy atom. The predicted molar refractivity (Wildman–Crippen MR) is 79.8 cm³/mol. The lowest BCUT2D eigenvalue weighted by Crippen LogP contribution is -2.33. The molecule has 1 fully saturated rings. The molecule has 7 nitrogen and oxygen atoms in total. The minimum Gasteiger partial charge on any atom is -0.455 e.